The fourth-order valence-corrected chi connectivity index (χ4v) is 3.90. The van der Waals surface area contributed by atoms with Gasteiger partial charge in [0, 0.05) is 30.2 Å². The fourth-order valence-electron chi connectivity index (χ4n) is 3.70. The number of hydrogen-bond acceptors (Lipinski definition) is 2. The maximum atomic E-state index is 6.06. The Bertz CT molecular complexity index is 454. The van der Waals surface area contributed by atoms with Crippen molar-refractivity contribution in [2.75, 3.05) is 20.1 Å². The minimum Gasteiger partial charge on any atom is -0.312 e. The molecule has 110 valence electrons. The zero-order valence-corrected chi connectivity index (χ0v) is 13.1. The molecule has 2 aliphatic rings. The normalized spacial score (nSPS) is 22.6. The number of rotatable bonds is 5. The van der Waals surface area contributed by atoms with Crippen LogP contribution in [0.3, 0.4) is 0 Å². The highest BCUT2D eigenvalue weighted by molar-refractivity contribution is 6.30. The van der Waals surface area contributed by atoms with E-state index in [1.165, 1.54) is 36.8 Å². The van der Waals surface area contributed by atoms with Crippen molar-refractivity contribution in [1.29, 1.82) is 0 Å². The quantitative estimate of drug-likeness (QED) is 0.896. The van der Waals surface area contributed by atoms with Gasteiger partial charge in [0.1, 0.15) is 0 Å². The summed E-state index contributed by atoms with van der Waals surface area (Å²) in [6.45, 7) is 2.26. The van der Waals surface area contributed by atoms with E-state index in [1.54, 1.807) is 0 Å². The molecule has 0 radical (unpaired) electrons. The summed E-state index contributed by atoms with van der Waals surface area (Å²) in [5.41, 5.74) is 2.90. The van der Waals surface area contributed by atoms with E-state index in [9.17, 15) is 0 Å². The molecule has 0 heterocycles. The van der Waals surface area contributed by atoms with Crippen molar-refractivity contribution in [2.24, 2.45) is 0 Å². The summed E-state index contributed by atoms with van der Waals surface area (Å²) < 4.78 is 0. The predicted molar refractivity (Wildman–Crippen MR) is 85.5 cm³/mol. The van der Waals surface area contributed by atoms with Crippen LogP contribution in [-0.4, -0.2) is 37.1 Å². The number of benzene rings is 1. The molecule has 0 spiro atoms. The van der Waals surface area contributed by atoms with Crippen molar-refractivity contribution >= 4 is 11.6 Å². The van der Waals surface area contributed by atoms with Crippen molar-refractivity contribution in [3.8, 4) is 0 Å². The lowest BCUT2D eigenvalue weighted by Gasteiger charge is -2.24. The standard InChI is InChI=1S/C17H25ClN2/c1-20(17-4-2-3-5-17)9-8-19-16-11-13-6-7-15(18)10-14(13)12-16/h6-7,10,16-17,19H,2-5,8-9,11-12H2,1H3. The minimum atomic E-state index is 0.598. The second-order valence-corrected chi connectivity index (χ2v) is 6.83. The van der Waals surface area contributed by atoms with E-state index in [0.717, 1.165) is 37.0 Å². The van der Waals surface area contributed by atoms with Gasteiger partial charge in [-0.05, 0) is 56.0 Å². The van der Waals surface area contributed by atoms with E-state index in [0.29, 0.717) is 6.04 Å². The van der Waals surface area contributed by atoms with Gasteiger partial charge >= 0.3 is 0 Å². The van der Waals surface area contributed by atoms with Crippen LogP contribution >= 0.6 is 11.6 Å². The third-order valence-electron chi connectivity index (χ3n) is 4.95. The second kappa shape index (κ2) is 6.46. The molecule has 1 N–H and O–H groups in total. The molecule has 0 saturated heterocycles. The van der Waals surface area contributed by atoms with Crippen LogP contribution in [0.5, 0.6) is 0 Å². The summed E-state index contributed by atoms with van der Waals surface area (Å²) in [6, 6.07) is 7.75. The van der Waals surface area contributed by atoms with Gasteiger partial charge in [-0.2, -0.15) is 0 Å². The Kier molecular flexibility index (Phi) is 4.65. The maximum Gasteiger partial charge on any atom is 0.0408 e. The van der Waals surface area contributed by atoms with Gasteiger partial charge < -0.3 is 10.2 Å². The molecule has 1 fully saturated rings. The highest BCUT2D eigenvalue weighted by Crippen LogP contribution is 2.25. The smallest absolute Gasteiger partial charge is 0.0408 e. The molecule has 3 heteroatoms. The molecule has 20 heavy (non-hydrogen) atoms. The Hall–Kier alpha value is -0.570. The topological polar surface area (TPSA) is 15.3 Å². The molecule has 2 nitrogen and oxygen atoms in total. The lowest BCUT2D eigenvalue weighted by molar-refractivity contribution is 0.242. The van der Waals surface area contributed by atoms with Gasteiger partial charge in [-0.1, -0.05) is 30.5 Å². The highest BCUT2D eigenvalue weighted by atomic mass is 35.5. The van der Waals surface area contributed by atoms with E-state index in [1.807, 2.05) is 6.07 Å². The summed E-state index contributed by atoms with van der Waals surface area (Å²) in [6.07, 6.45) is 7.90. The van der Waals surface area contributed by atoms with Crippen molar-refractivity contribution < 1.29 is 0 Å². The summed E-state index contributed by atoms with van der Waals surface area (Å²) in [4.78, 5) is 2.54. The molecule has 1 saturated carbocycles. The SMILES string of the molecule is CN(CCNC1Cc2ccc(Cl)cc2C1)C1CCCC1. The zero-order valence-electron chi connectivity index (χ0n) is 12.4. The third kappa shape index (κ3) is 3.36. The van der Waals surface area contributed by atoms with E-state index >= 15 is 0 Å². The second-order valence-electron chi connectivity index (χ2n) is 6.39. The highest BCUT2D eigenvalue weighted by Gasteiger charge is 2.22. The minimum absolute atomic E-state index is 0.598. The number of fused-ring (bicyclic) bond motifs is 1. The number of nitrogens with zero attached hydrogens (tertiary/aromatic N) is 1. The van der Waals surface area contributed by atoms with Crippen molar-refractivity contribution in [3.05, 3.63) is 34.3 Å². The largest absolute Gasteiger partial charge is 0.312 e. The molecule has 0 aromatic heterocycles. The Labute approximate surface area is 127 Å². The van der Waals surface area contributed by atoms with Crippen LogP contribution in [0.2, 0.25) is 5.02 Å². The lowest BCUT2D eigenvalue weighted by atomic mass is 10.1. The molecule has 1 unspecified atom stereocenters. The third-order valence-corrected chi connectivity index (χ3v) is 5.18. The number of halogens is 1. The average Bonchev–Trinajstić information content (AvgIpc) is 3.06. The van der Waals surface area contributed by atoms with Gasteiger partial charge in [-0.15, -0.1) is 0 Å². The molecule has 0 bridgehead atoms. The summed E-state index contributed by atoms with van der Waals surface area (Å²) in [5.74, 6) is 0. The van der Waals surface area contributed by atoms with Gasteiger partial charge in [0.2, 0.25) is 0 Å². The van der Waals surface area contributed by atoms with E-state index in [2.05, 4.69) is 29.4 Å². The molecular weight excluding hydrogens is 268 g/mol. The van der Waals surface area contributed by atoms with Crippen molar-refractivity contribution in [3.63, 3.8) is 0 Å². The van der Waals surface area contributed by atoms with Crippen LogP contribution < -0.4 is 5.32 Å². The van der Waals surface area contributed by atoms with Crippen LogP contribution in [-0.2, 0) is 12.8 Å². The van der Waals surface area contributed by atoms with Gasteiger partial charge in [0.25, 0.3) is 0 Å². The molecular formula is C17H25ClN2. The van der Waals surface area contributed by atoms with Gasteiger partial charge in [-0.25, -0.2) is 0 Å². The first-order valence-corrected chi connectivity index (χ1v) is 8.31. The van der Waals surface area contributed by atoms with Crippen LogP contribution in [0.15, 0.2) is 18.2 Å². The van der Waals surface area contributed by atoms with Crippen LogP contribution in [0, 0.1) is 0 Å². The van der Waals surface area contributed by atoms with E-state index in [4.69, 9.17) is 11.6 Å². The summed E-state index contributed by atoms with van der Waals surface area (Å²) in [5, 5.41) is 4.58. The predicted octanol–water partition coefficient (Wildman–Crippen LogP) is 3.27. The number of nitrogens with one attached hydrogen (secondary N) is 1. The van der Waals surface area contributed by atoms with E-state index < -0.39 is 0 Å². The first kappa shape index (κ1) is 14.4. The zero-order chi connectivity index (χ0) is 13.9. The number of likely N-dealkylation sites (N-methyl/N-ethyl adjacent to an activating group) is 1. The molecule has 2 aliphatic carbocycles. The van der Waals surface area contributed by atoms with Crippen molar-refractivity contribution in [2.45, 2.75) is 50.6 Å². The Morgan fingerprint density at radius 3 is 2.75 bits per heavy atom. The monoisotopic (exact) mass is 292 g/mol. The molecule has 0 amide bonds. The van der Waals surface area contributed by atoms with Gasteiger partial charge in [-0.3, -0.25) is 0 Å². The molecule has 1 aromatic rings. The first-order valence-electron chi connectivity index (χ1n) is 7.93. The van der Waals surface area contributed by atoms with Gasteiger partial charge in [0.15, 0.2) is 0 Å². The average molecular weight is 293 g/mol. The lowest BCUT2D eigenvalue weighted by Crippen LogP contribution is -2.39. The summed E-state index contributed by atoms with van der Waals surface area (Å²) in [7, 11) is 2.28. The Morgan fingerprint density at radius 2 is 1.95 bits per heavy atom. The van der Waals surface area contributed by atoms with Crippen LogP contribution in [0.4, 0.5) is 0 Å². The Balaban J connectivity index is 1.42. The fraction of sp³-hybridized carbons (Fsp3) is 0.647. The first-order chi connectivity index (χ1) is 9.72. The summed E-state index contributed by atoms with van der Waals surface area (Å²) >= 11 is 6.06. The molecule has 3 rings (SSSR count). The van der Waals surface area contributed by atoms with E-state index in [-0.39, 0.29) is 0 Å². The molecule has 1 atom stereocenters. The Morgan fingerprint density at radius 1 is 1.20 bits per heavy atom. The van der Waals surface area contributed by atoms with Crippen molar-refractivity contribution in [1.82, 2.24) is 10.2 Å². The number of hydrogen-bond donors (Lipinski definition) is 1. The van der Waals surface area contributed by atoms with Gasteiger partial charge in [0.05, 0.1) is 0 Å². The van der Waals surface area contributed by atoms with Crippen LogP contribution in [0.1, 0.15) is 36.8 Å². The van der Waals surface area contributed by atoms with Crippen LogP contribution in [0.25, 0.3) is 0 Å². The maximum absolute atomic E-state index is 6.06. The molecule has 0 aliphatic heterocycles. The molecule has 1 aromatic carbocycles.